The molecular formula is C27H28N4O6. The lowest BCUT2D eigenvalue weighted by Crippen LogP contribution is -2.32. The molecule has 0 saturated carbocycles. The highest BCUT2D eigenvalue weighted by Crippen LogP contribution is 2.17. The Bertz CT molecular complexity index is 1230. The monoisotopic (exact) mass is 504 g/mol. The molecule has 0 fully saturated rings. The number of hydrazone groups is 1. The lowest BCUT2D eigenvalue weighted by Gasteiger charge is -2.08. The Labute approximate surface area is 214 Å². The second-order valence-electron chi connectivity index (χ2n) is 7.66. The van der Waals surface area contributed by atoms with Crippen LogP contribution in [0.3, 0.4) is 0 Å². The fourth-order valence-corrected chi connectivity index (χ4v) is 2.96. The number of carbonyl (C=O) groups excluding carboxylic acids is 3. The lowest BCUT2D eigenvalue weighted by atomic mass is 10.2. The van der Waals surface area contributed by atoms with Gasteiger partial charge in [0, 0.05) is 11.4 Å². The molecule has 0 atom stereocenters. The number of benzene rings is 3. The molecule has 0 heterocycles. The number of nitrogens with one attached hydrogen (secondary N) is 3. The second kappa shape index (κ2) is 13.9. The van der Waals surface area contributed by atoms with Gasteiger partial charge in [-0.3, -0.25) is 14.4 Å². The molecule has 37 heavy (non-hydrogen) atoms. The second-order valence-corrected chi connectivity index (χ2v) is 7.66. The normalized spacial score (nSPS) is 10.4. The van der Waals surface area contributed by atoms with E-state index in [0.29, 0.717) is 40.8 Å². The number of hydrogen-bond donors (Lipinski definition) is 3. The van der Waals surface area contributed by atoms with Gasteiger partial charge < -0.3 is 24.8 Å². The molecular weight excluding hydrogens is 476 g/mol. The maximum Gasteiger partial charge on any atom is 0.329 e. The molecule has 3 aromatic rings. The van der Waals surface area contributed by atoms with Crippen LogP contribution in [0.5, 0.6) is 17.2 Å². The minimum absolute atomic E-state index is 0.199. The van der Waals surface area contributed by atoms with Crippen molar-refractivity contribution >= 4 is 35.3 Å². The van der Waals surface area contributed by atoms with E-state index in [1.807, 2.05) is 6.92 Å². The van der Waals surface area contributed by atoms with E-state index in [1.165, 1.54) is 6.21 Å². The van der Waals surface area contributed by atoms with Gasteiger partial charge in [0.2, 0.25) is 0 Å². The zero-order chi connectivity index (χ0) is 26.5. The predicted molar refractivity (Wildman–Crippen MR) is 140 cm³/mol. The van der Waals surface area contributed by atoms with E-state index in [2.05, 4.69) is 21.2 Å². The van der Waals surface area contributed by atoms with Crippen molar-refractivity contribution in [3.05, 3.63) is 78.4 Å². The summed E-state index contributed by atoms with van der Waals surface area (Å²) in [6.45, 7) is 2.41. The number of ether oxygens (including phenoxy) is 3. The Morgan fingerprint density at radius 2 is 1.49 bits per heavy atom. The van der Waals surface area contributed by atoms with Crippen LogP contribution >= 0.6 is 0 Å². The first-order valence-electron chi connectivity index (χ1n) is 11.5. The number of amides is 3. The van der Waals surface area contributed by atoms with Crippen molar-refractivity contribution in [1.29, 1.82) is 0 Å². The maximum atomic E-state index is 12.1. The van der Waals surface area contributed by atoms with Gasteiger partial charge in [0.05, 0.1) is 19.9 Å². The molecule has 0 bridgehead atoms. The minimum atomic E-state index is -0.926. The molecule has 0 aromatic heterocycles. The van der Waals surface area contributed by atoms with Crippen molar-refractivity contribution in [2.75, 3.05) is 31.0 Å². The van der Waals surface area contributed by atoms with Crippen LogP contribution in [-0.2, 0) is 14.4 Å². The summed E-state index contributed by atoms with van der Waals surface area (Å²) in [5.74, 6) is -0.315. The third-order valence-electron chi connectivity index (χ3n) is 4.77. The SMILES string of the molecule is CCCOc1ccc(NC(=O)C(=O)N/N=C\c2cccc(OCC(=O)Nc3ccc(OC)cc3)c2)cc1. The predicted octanol–water partition coefficient (Wildman–Crippen LogP) is 3.59. The molecule has 3 amide bonds. The zero-order valence-corrected chi connectivity index (χ0v) is 20.5. The van der Waals surface area contributed by atoms with Gasteiger partial charge >= 0.3 is 11.8 Å². The van der Waals surface area contributed by atoms with Crippen LogP contribution in [-0.4, -0.2) is 44.3 Å². The van der Waals surface area contributed by atoms with Crippen molar-refractivity contribution in [3.63, 3.8) is 0 Å². The summed E-state index contributed by atoms with van der Waals surface area (Å²) in [4.78, 5) is 36.3. The highest BCUT2D eigenvalue weighted by atomic mass is 16.5. The molecule has 0 unspecified atom stereocenters. The summed E-state index contributed by atoms with van der Waals surface area (Å²) in [6.07, 6.45) is 2.24. The van der Waals surface area contributed by atoms with Gasteiger partial charge in [-0.15, -0.1) is 0 Å². The summed E-state index contributed by atoms with van der Waals surface area (Å²) in [7, 11) is 1.57. The average molecular weight is 505 g/mol. The Kier molecular flexibility index (Phi) is 10.0. The van der Waals surface area contributed by atoms with Gasteiger partial charge in [-0.25, -0.2) is 5.43 Å². The molecule has 3 rings (SSSR count). The van der Waals surface area contributed by atoms with Crippen molar-refractivity contribution in [2.24, 2.45) is 5.10 Å². The van der Waals surface area contributed by atoms with E-state index in [0.717, 1.165) is 6.42 Å². The number of hydrogen-bond acceptors (Lipinski definition) is 7. The van der Waals surface area contributed by atoms with E-state index >= 15 is 0 Å². The average Bonchev–Trinajstić information content (AvgIpc) is 2.92. The summed E-state index contributed by atoms with van der Waals surface area (Å²) in [5.41, 5.74) is 3.84. The van der Waals surface area contributed by atoms with Crippen LogP contribution in [0.25, 0.3) is 0 Å². The largest absolute Gasteiger partial charge is 0.497 e. The summed E-state index contributed by atoms with van der Waals surface area (Å²) >= 11 is 0. The Morgan fingerprint density at radius 1 is 0.811 bits per heavy atom. The van der Waals surface area contributed by atoms with Gasteiger partial charge in [-0.2, -0.15) is 5.10 Å². The van der Waals surface area contributed by atoms with E-state index in [-0.39, 0.29) is 12.5 Å². The highest BCUT2D eigenvalue weighted by molar-refractivity contribution is 6.39. The van der Waals surface area contributed by atoms with Gasteiger partial charge in [-0.05, 0) is 72.6 Å². The van der Waals surface area contributed by atoms with Gasteiger partial charge in [-0.1, -0.05) is 19.1 Å². The number of anilines is 2. The molecule has 192 valence electrons. The fraction of sp³-hybridized carbons (Fsp3) is 0.185. The molecule has 0 aliphatic heterocycles. The highest BCUT2D eigenvalue weighted by Gasteiger charge is 2.13. The van der Waals surface area contributed by atoms with Crippen LogP contribution in [0.2, 0.25) is 0 Å². The molecule has 0 radical (unpaired) electrons. The first-order valence-corrected chi connectivity index (χ1v) is 11.5. The Balaban J connectivity index is 1.44. The molecule has 10 nitrogen and oxygen atoms in total. The maximum absolute atomic E-state index is 12.1. The van der Waals surface area contributed by atoms with E-state index in [9.17, 15) is 14.4 Å². The Morgan fingerprint density at radius 3 is 2.16 bits per heavy atom. The van der Waals surface area contributed by atoms with E-state index in [4.69, 9.17) is 14.2 Å². The third kappa shape index (κ3) is 9.02. The quantitative estimate of drug-likeness (QED) is 0.208. The van der Waals surface area contributed by atoms with Crippen LogP contribution in [0.1, 0.15) is 18.9 Å². The molecule has 0 aliphatic rings. The van der Waals surface area contributed by atoms with Crippen LogP contribution < -0.4 is 30.3 Å². The molecule has 0 aliphatic carbocycles. The summed E-state index contributed by atoms with van der Waals surface area (Å²) < 4.78 is 16.1. The van der Waals surface area contributed by atoms with Gasteiger partial charge in [0.1, 0.15) is 17.2 Å². The van der Waals surface area contributed by atoms with E-state index in [1.54, 1.807) is 79.9 Å². The molecule has 0 spiro atoms. The molecule has 3 aromatic carbocycles. The molecule has 3 N–H and O–H groups in total. The number of methoxy groups -OCH3 is 1. The summed E-state index contributed by atoms with van der Waals surface area (Å²) in [6, 6.07) is 20.4. The van der Waals surface area contributed by atoms with Crippen molar-refractivity contribution in [2.45, 2.75) is 13.3 Å². The summed E-state index contributed by atoms with van der Waals surface area (Å²) in [5, 5.41) is 9.02. The van der Waals surface area contributed by atoms with Crippen LogP contribution in [0, 0.1) is 0 Å². The first kappa shape index (κ1) is 26.7. The fourth-order valence-electron chi connectivity index (χ4n) is 2.96. The van der Waals surface area contributed by atoms with Crippen LogP contribution in [0.15, 0.2) is 77.9 Å². The first-order chi connectivity index (χ1) is 18.0. The lowest BCUT2D eigenvalue weighted by molar-refractivity contribution is -0.136. The standard InChI is InChI=1S/C27H28N4O6/c1-3-15-36-23-13-9-21(10-14-23)30-26(33)27(34)31-28-17-19-5-4-6-24(16-19)37-18-25(32)29-20-7-11-22(35-2)12-8-20/h4-14,16-17H,3,15,18H2,1-2H3,(H,29,32)(H,30,33)(H,31,34)/b28-17-. The van der Waals surface area contributed by atoms with Gasteiger partial charge in [0.15, 0.2) is 6.61 Å². The molecule has 10 heteroatoms. The zero-order valence-electron chi connectivity index (χ0n) is 20.5. The number of nitrogens with zero attached hydrogens (tertiary/aromatic N) is 1. The van der Waals surface area contributed by atoms with Crippen molar-refractivity contribution in [3.8, 4) is 17.2 Å². The smallest absolute Gasteiger partial charge is 0.329 e. The topological polar surface area (TPSA) is 127 Å². The Hall–Kier alpha value is -4.86. The third-order valence-corrected chi connectivity index (χ3v) is 4.77. The molecule has 0 saturated heterocycles. The van der Waals surface area contributed by atoms with E-state index < -0.39 is 11.8 Å². The van der Waals surface area contributed by atoms with Crippen molar-refractivity contribution in [1.82, 2.24) is 5.43 Å². The minimum Gasteiger partial charge on any atom is -0.497 e. The van der Waals surface area contributed by atoms with Crippen LogP contribution in [0.4, 0.5) is 11.4 Å². The van der Waals surface area contributed by atoms with Crippen molar-refractivity contribution < 1.29 is 28.6 Å². The number of rotatable bonds is 11. The number of carbonyl (C=O) groups is 3. The van der Waals surface area contributed by atoms with Gasteiger partial charge in [0.25, 0.3) is 5.91 Å².